The largest absolute Gasteiger partial charge is 0.309 e. The van der Waals surface area contributed by atoms with Gasteiger partial charge in [-0.1, -0.05) is 13.8 Å². The normalized spacial score (nSPS) is 11.3. The Morgan fingerprint density at radius 2 is 1.84 bits per heavy atom. The number of benzene rings is 1. The smallest absolute Gasteiger partial charge is 0.194 e. The molecule has 0 spiro atoms. The van der Waals surface area contributed by atoms with Crippen molar-refractivity contribution in [1.29, 1.82) is 0 Å². The quantitative estimate of drug-likeness (QED) is 0.866. The van der Waals surface area contributed by atoms with Crippen molar-refractivity contribution in [2.75, 3.05) is 0 Å². The van der Waals surface area contributed by atoms with Gasteiger partial charge in [-0.25, -0.2) is 18.2 Å². The molecule has 6 heteroatoms. The zero-order valence-corrected chi connectivity index (χ0v) is 11.3. The summed E-state index contributed by atoms with van der Waals surface area (Å²) in [5.41, 5.74) is 1.04. The fourth-order valence-electron chi connectivity index (χ4n) is 1.51. The Balaban J connectivity index is 2.23. The molecule has 1 aromatic heterocycles. The Labute approximate surface area is 113 Å². The predicted molar refractivity (Wildman–Crippen MR) is 69.4 cm³/mol. The van der Waals surface area contributed by atoms with E-state index in [2.05, 4.69) is 10.3 Å². The molecule has 0 saturated heterocycles. The number of hydrogen-bond acceptors (Lipinski definition) is 3. The highest BCUT2D eigenvalue weighted by Crippen LogP contribution is 2.26. The molecule has 0 atom stereocenters. The average Bonchev–Trinajstić information content (AvgIpc) is 2.81. The molecule has 0 unspecified atom stereocenters. The minimum absolute atomic E-state index is 0.247. The Hall–Kier alpha value is -1.40. The van der Waals surface area contributed by atoms with Gasteiger partial charge < -0.3 is 5.32 Å². The number of thiazole rings is 1. The van der Waals surface area contributed by atoms with Gasteiger partial charge in [-0.2, -0.15) is 0 Å². The van der Waals surface area contributed by atoms with Crippen LogP contribution in [0.15, 0.2) is 17.5 Å². The van der Waals surface area contributed by atoms with Gasteiger partial charge in [0.15, 0.2) is 17.5 Å². The Bertz CT molecular complexity index is 558. The van der Waals surface area contributed by atoms with Crippen LogP contribution in [0.25, 0.3) is 10.6 Å². The first kappa shape index (κ1) is 14.0. The van der Waals surface area contributed by atoms with Crippen LogP contribution in [0, 0.1) is 17.5 Å². The number of aromatic nitrogens is 1. The summed E-state index contributed by atoms with van der Waals surface area (Å²) in [6.45, 7) is 4.61. The third-order valence-electron chi connectivity index (χ3n) is 2.47. The van der Waals surface area contributed by atoms with Gasteiger partial charge in [0.1, 0.15) is 5.01 Å². The third kappa shape index (κ3) is 3.33. The fraction of sp³-hybridized carbons (Fsp3) is 0.308. The zero-order chi connectivity index (χ0) is 14.0. The number of nitrogens with one attached hydrogen (secondary N) is 1. The van der Waals surface area contributed by atoms with Crippen molar-refractivity contribution in [1.82, 2.24) is 10.3 Å². The van der Waals surface area contributed by atoms with Gasteiger partial charge in [-0.3, -0.25) is 0 Å². The first-order chi connectivity index (χ1) is 8.97. The van der Waals surface area contributed by atoms with E-state index in [1.165, 1.54) is 11.3 Å². The van der Waals surface area contributed by atoms with Crippen molar-refractivity contribution >= 4 is 11.3 Å². The van der Waals surface area contributed by atoms with Crippen molar-refractivity contribution in [2.24, 2.45) is 0 Å². The average molecular weight is 286 g/mol. The molecule has 0 radical (unpaired) electrons. The second kappa shape index (κ2) is 5.71. The minimum Gasteiger partial charge on any atom is -0.309 e. The summed E-state index contributed by atoms with van der Waals surface area (Å²) < 4.78 is 39.1. The molecule has 0 amide bonds. The Morgan fingerprint density at radius 3 is 2.42 bits per heavy atom. The van der Waals surface area contributed by atoms with E-state index in [1.807, 2.05) is 19.2 Å². The summed E-state index contributed by atoms with van der Waals surface area (Å²) in [6, 6.07) is 2.24. The van der Waals surface area contributed by atoms with E-state index < -0.39 is 17.5 Å². The molecule has 0 fully saturated rings. The lowest BCUT2D eigenvalue weighted by Gasteiger charge is -2.04. The number of halogens is 3. The second-order valence-corrected chi connectivity index (χ2v) is 5.29. The lowest BCUT2D eigenvalue weighted by molar-refractivity contribution is 0.447. The summed E-state index contributed by atoms with van der Waals surface area (Å²) in [4.78, 5) is 4.26. The summed E-state index contributed by atoms with van der Waals surface area (Å²) in [7, 11) is 0. The van der Waals surface area contributed by atoms with Crippen LogP contribution in [0.5, 0.6) is 0 Å². The van der Waals surface area contributed by atoms with Gasteiger partial charge in [-0.15, -0.1) is 11.3 Å². The van der Waals surface area contributed by atoms with Gasteiger partial charge in [0.25, 0.3) is 0 Å². The molecule has 1 N–H and O–H groups in total. The lowest BCUT2D eigenvalue weighted by atomic mass is 10.2. The second-order valence-electron chi connectivity index (χ2n) is 4.43. The minimum atomic E-state index is -1.46. The summed E-state index contributed by atoms with van der Waals surface area (Å²) in [5, 5.41) is 5.47. The monoisotopic (exact) mass is 286 g/mol. The van der Waals surface area contributed by atoms with Crippen LogP contribution in [0.3, 0.4) is 0 Å². The van der Waals surface area contributed by atoms with Crippen LogP contribution < -0.4 is 5.32 Å². The van der Waals surface area contributed by atoms with Gasteiger partial charge in [-0.05, 0) is 12.1 Å². The molecule has 2 rings (SSSR count). The van der Waals surface area contributed by atoms with Crippen molar-refractivity contribution in [3.05, 3.63) is 40.7 Å². The molecule has 0 aliphatic carbocycles. The van der Waals surface area contributed by atoms with E-state index in [-0.39, 0.29) is 5.56 Å². The molecule has 1 heterocycles. The Kier molecular flexibility index (Phi) is 4.21. The first-order valence-electron chi connectivity index (χ1n) is 5.80. The standard InChI is InChI=1S/C13H13F3N2S/c1-7(2)17-5-9-6-19-13(18-9)8-3-10(14)12(16)11(15)4-8/h3-4,6-7,17H,5H2,1-2H3. The van der Waals surface area contributed by atoms with E-state index >= 15 is 0 Å². The van der Waals surface area contributed by atoms with E-state index in [9.17, 15) is 13.2 Å². The maximum absolute atomic E-state index is 13.1. The zero-order valence-electron chi connectivity index (χ0n) is 10.5. The van der Waals surface area contributed by atoms with Crippen LogP contribution in [0.4, 0.5) is 13.2 Å². The van der Waals surface area contributed by atoms with Gasteiger partial charge >= 0.3 is 0 Å². The van der Waals surface area contributed by atoms with Gasteiger partial charge in [0.05, 0.1) is 5.69 Å². The highest BCUT2D eigenvalue weighted by molar-refractivity contribution is 7.13. The maximum atomic E-state index is 13.1. The molecule has 1 aromatic carbocycles. The molecule has 2 nitrogen and oxygen atoms in total. The van der Waals surface area contributed by atoms with E-state index in [1.54, 1.807) is 0 Å². The van der Waals surface area contributed by atoms with Gasteiger partial charge in [0, 0.05) is 23.5 Å². The predicted octanol–water partition coefficient (Wildman–Crippen LogP) is 3.73. The van der Waals surface area contributed by atoms with Crippen LogP contribution in [0.2, 0.25) is 0 Å². The molecule has 102 valence electrons. The van der Waals surface area contributed by atoms with Crippen LogP contribution in [-0.4, -0.2) is 11.0 Å². The highest BCUT2D eigenvalue weighted by Gasteiger charge is 2.13. The molecule has 19 heavy (non-hydrogen) atoms. The maximum Gasteiger partial charge on any atom is 0.194 e. The van der Waals surface area contributed by atoms with E-state index in [0.717, 1.165) is 17.8 Å². The van der Waals surface area contributed by atoms with E-state index in [0.29, 0.717) is 17.6 Å². The molecular weight excluding hydrogens is 273 g/mol. The molecule has 0 bridgehead atoms. The summed E-state index contributed by atoms with van der Waals surface area (Å²) >= 11 is 1.27. The molecule has 0 aliphatic rings. The summed E-state index contributed by atoms with van der Waals surface area (Å²) in [5.74, 6) is -3.86. The first-order valence-corrected chi connectivity index (χ1v) is 6.68. The van der Waals surface area contributed by atoms with Crippen molar-refractivity contribution in [3.63, 3.8) is 0 Å². The SMILES string of the molecule is CC(C)NCc1csc(-c2cc(F)c(F)c(F)c2)n1. The molecule has 0 saturated carbocycles. The summed E-state index contributed by atoms with van der Waals surface area (Å²) in [6.07, 6.45) is 0. The molecule has 0 aliphatic heterocycles. The molecule has 2 aromatic rings. The number of nitrogens with zero attached hydrogens (tertiary/aromatic N) is 1. The highest BCUT2D eigenvalue weighted by atomic mass is 32.1. The van der Waals surface area contributed by atoms with Crippen LogP contribution >= 0.6 is 11.3 Å². The third-order valence-corrected chi connectivity index (χ3v) is 3.41. The fourth-order valence-corrected chi connectivity index (χ4v) is 2.32. The van der Waals surface area contributed by atoms with Crippen molar-refractivity contribution in [2.45, 2.75) is 26.4 Å². The number of rotatable bonds is 4. The van der Waals surface area contributed by atoms with Crippen molar-refractivity contribution < 1.29 is 13.2 Å². The Morgan fingerprint density at radius 1 is 1.21 bits per heavy atom. The van der Waals surface area contributed by atoms with Crippen LogP contribution in [-0.2, 0) is 6.54 Å². The van der Waals surface area contributed by atoms with E-state index in [4.69, 9.17) is 0 Å². The molecular formula is C13H13F3N2S. The van der Waals surface area contributed by atoms with Crippen LogP contribution in [0.1, 0.15) is 19.5 Å². The topological polar surface area (TPSA) is 24.9 Å². The van der Waals surface area contributed by atoms with Crippen molar-refractivity contribution in [3.8, 4) is 10.6 Å². The number of hydrogen-bond donors (Lipinski definition) is 1. The lowest BCUT2D eigenvalue weighted by Crippen LogP contribution is -2.21. The van der Waals surface area contributed by atoms with Gasteiger partial charge in [0.2, 0.25) is 0 Å².